The standard InChI is InChI=1S/C19H20N6O3/c26-17-7-6-16(18(27)21-17)24-9-12-11(19(24)28)3-1-5-15(12)25-10-14(22-23-25)13-4-2-8-20-13/h1,3,5,10,13,16,20H,2,4,6-9H2,(H,21,26,27). The number of benzene rings is 1. The van der Waals surface area contributed by atoms with Gasteiger partial charge in [0.05, 0.1) is 17.9 Å². The molecule has 28 heavy (non-hydrogen) atoms. The predicted molar refractivity (Wildman–Crippen MR) is 97.4 cm³/mol. The number of nitrogens with one attached hydrogen (secondary N) is 2. The molecule has 9 nitrogen and oxygen atoms in total. The Morgan fingerprint density at radius 2 is 2.04 bits per heavy atom. The summed E-state index contributed by atoms with van der Waals surface area (Å²) in [5.41, 5.74) is 3.07. The third kappa shape index (κ3) is 2.70. The summed E-state index contributed by atoms with van der Waals surface area (Å²) in [5, 5.41) is 14.3. The van der Waals surface area contributed by atoms with Crippen LogP contribution in [-0.2, 0) is 16.1 Å². The summed E-state index contributed by atoms with van der Waals surface area (Å²) in [5.74, 6) is -0.889. The number of carbonyl (C=O) groups excluding carboxylic acids is 3. The van der Waals surface area contributed by atoms with Crippen molar-refractivity contribution >= 4 is 17.7 Å². The molecule has 1 aromatic heterocycles. The van der Waals surface area contributed by atoms with Gasteiger partial charge in [0.15, 0.2) is 0 Å². The number of hydrogen-bond acceptors (Lipinski definition) is 6. The summed E-state index contributed by atoms with van der Waals surface area (Å²) < 4.78 is 1.70. The fraction of sp³-hybridized carbons (Fsp3) is 0.421. The van der Waals surface area contributed by atoms with Gasteiger partial charge in [-0.2, -0.15) is 0 Å². The van der Waals surface area contributed by atoms with Crippen molar-refractivity contribution in [1.29, 1.82) is 0 Å². The number of amides is 3. The first kappa shape index (κ1) is 17.1. The van der Waals surface area contributed by atoms with E-state index in [1.807, 2.05) is 18.3 Å². The number of carbonyl (C=O) groups is 3. The van der Waals surface area contributed by atoms with Crippen molar-refractivity contribution in [2.24, 2.45) is 0 Å². The molecule has 2 fully saturated rings. The summed E-state index contributed by atoms with van der Waals surface area (Å²) in [6.45, 7) is 1.29. The summed E-state index contributed by atoms with van der Waals surface area (Å²) >= 11 is 0. The van der Waals surface area contributed by atoms with Crippen LogP contribution in [0, 0.1) is 0 Å². The Balaban J connectivity index is 1.45. The molecule has 2 saturated heterocycles. The summed E-state index contributed by atoms with van der Waals surface area (Å²) in [6, 6.07) is 5.07. The van der Waals surface area contributed by atoms with E-state index in [2.05, 4.69) is 20.9 Å². The maximum Gasteiger partial charge on any atom is 0.255 e. The van der Waals surface area contributed by atoms with Gasteiger partial charge in [-0.25, -0.2) is 4.68 Å². The van der Waals surface area contributed by atoms with Crippen molar-refractivity contribution in [2.75, 3.05) is 6.54 Å². The van der Waals surface area contributed by atoms with E-state index >= 15 is 0 Å². The lowest BCUT2D eigenvalue weighted by molar-refractivity contribution is -0.136. The monoisotopic (exact) mass is 380 g/mol. The number of fused-ring (bicyclic) bond motifs is 1. The van der Waals surface area contributed by atoms with Crippen LogP contribution in [0.4, 0.5) is 0 Å². The first-order chi connectivity index (χ1) is 13.6. The van der Waals surface area contributed by atoms with E-state index in [1.165, 1.54) is 0 Å². The molecule has 0 spiro atoms. The van der Waals surface area contributed by atoms with Gasteiger partial charge in [0, 0.05) is 24.1 Å². The lowest BCUT2D eigenvalue weighted by Crippen LogP contribution is -2.52. The average Bonchev–Trinajstić information content (AvgIpc) is 3.42. The van der Waals surface area contributed by atoms with Crippen LogP contribution in [0.25, 0.3) is 5.69 Å². The first-order valence-corrected chi connectivity index (χ1v) is 9.54. The summed E-state index contributed by atoms with van der Waals surface area (Å²) in [7, 11) is 0. The van der Waals surface area contributed by atoms with Crippen molar-refractivity contribution in [2.45, 2.75) is 44.3 Å². The molecule has 3 amide bonds. The normalized spacial score (nSPS) is 24.6. The molecule has 0 radical (unpaired) electrons. The molecule has 2 unspecified atom stereocenters. The van der Waals surface area contributed by atoms with Crippen LogP contribution in [0.1, 0.15) is 53.3 Å². The fourth-order valence-electron chi connectivity index (χ4n) is 4.28. The van der Waals surface area contributed by atoms with Crippen LogP contribution in [0.2, 0.25) is 0 Å². The second-order valence-electron chi connectivity index (χ2n) is 7.44. The SMILES string of the molecule is O=C1CCC(N2Cc3c(cccc3-n3cc(C4CCCN4)nn3)C2=O)C(=O)N1. The first-order valence-electron chi connectivity index (χ1n) is 9.54. The molecule has 4 heterocycles. The average molecular weight is 380 g/mol. The van der Waals surface area contributed by atoms with Crippen molar-refractivity contribution in [3.8, 4) is 5.69 Å². The van der Waals surface area contributed by atoms with E-state index < -0.39 is 11.9 Å². The highest BCUT2D eigenvalue weighted by Gasteiger charge is 2.40. The smallest absolute Gasteiger partial charge is 0.255 e. The quantitative estimate of drug-likeness (QED) is 0.749. The van der Waals surface area contributed by atoms with Gasteiger partial charge in [-0.15, -0.1) is 5.10 Å². The van der Waals surface area contributed by atoms with E-state index in [1.54, 1.807) is 15.6 Å². The van der Waals surface area contributed by atoms with Crippen molar-refractivity contribution in [3.05, 3.63) is 41.2 Å². The van der Waals surface area contributed by atoms with Crippen LogP contribution >= 0.6 is 0 Å². The minimum absolute atomic E-state index is 0.191. The Bertz CT molecular complexity index is 978. The zero-order valence-electron chi connectivity index (χ0n) is 15.2. The predicted octanol–water partition coefficient (Wildman–Crippen LogP) is 0.453. The van der Waals surface area contributed by atoms with Gasteiger partial charge >= 0.3 is 0 Å². The van der Waals surface area contributed by atoms with Crippen molar-refractivity contribution in [1.82, 2.24) is 30.5 Å². The molecule has 0 aliphatic carbocycles. The Morgan fingerprint density at radius 1 is 1.14 bits per heavy atom. The Morgan fingerprint density at radius 3 is 2.82 bits per heavy atom. The number of imide groups is 1. The molecule has 0 bridgehead atoms. The number of hydrogen-bond donors (Lipinski definition) is 2. The topological polar surface area (TPSA) is 109 Å². The fourth-order valence-corrected chi connectivity index (χ4v) is 4.28. The van der Waals surface area contributed by atoms with E-state index in [0.29, 0.717) is 18.5 Å². The largest absolute Gasteiger partial charge is 0.322 e. The second-order valence-corrected chi connectivity index (χ2v) is 7.44. The number of aromatic nitrogens is 3. The molecule has 3 aliphatic heterocycles. The van der Waals surface area contributed by atoms with Gasteiger partial charge < -0.3 is 10.2 Å². The maximum atomic E-state index is 12.9. The van der Waals surface area contributed by atoms with Crippen LogP contribution in [0.5, 0.6) is 0 Å². The zero-order chi connectivity index (χ0) is 19.3. The van der Waals surface area contributed by atoms with Gasteiger partial charge in [0.1, 0.15) is 11.7 Å². The maximum absolute atomic E-state index is 12.9. The molecule has 3 aliphatic rings. The summed E-state index contributed by atoms with van der Waals surface area (Å²) in [4.78, 5) is 38.1. The van der Waals surface area contributed by atoms with E-state index in [0.717, 1.165) is 36.3 Å². The van der Waals surface area contributed by atoms with E-state index in [-0.39, 0.29) is 24.3 Å². The lowest BCUT2D eigenvalue weighted by atomic mass is 10.0. The lowest BCUT2D eigenvalue weighted by Gasteiger charge is -2.29. The van der Waals surface area contributed by atoms with Crippen LogP contribution in [-0.4, -0.2) is 50.2 Å². The highest BCUT2D eigenvalue weighted by Crippen LogP contribution is 2.31. The minimum Gasteiger partial charge on any atom is -0.322 e. The Kier molecular flexibility index (Phi) is 3.97. The third-order valence-electron chi connectivity index (χ3n) is 5.73. The molecule has 5 rings (SSSR count). The van der Waals surface area contributed by atoms with Crippen molar-refractivity contribution < 1.29 is 14.4 Å². The molecular weight excluding hydrogens is 360 g/mol. The minimum atomic E-state index is -0.626. The molecule has 2 N–H and O–H groups in total. The molecule has 9 heteroatoms. The second kappa shape index (κ2) is 6.52. The molecule has 144 valence electrons. The van der Waals surface area contributed by atoms with Crippen LogP contribution in [0.3, 0.4) is 0 Å². The number of piperidine rings is 1. The van der Waals surface area contributed by atoms with Gasteiger partial charge in [0.2, 0.25) is 11.8 Å². The summed E-state index contributed by atoms with van der Waals surface area (Å²) in [6.07, 6.45) is 4.64. The zero-order valence-corrected chi connectivity index (χ0v) is 15.2. The molecule has 2 atom stereocenters. The van der Waals surface area contributed by atoms with Gasteiger partial charge in [-0.3, -0.25) is 19.7 Å². The third-order valence-corrected chi connectivity index (χ3v) is 5.73. The van der Waals surface area contributed by atoms with E-state index in [4.69, 9.17) is 0 Å². The number of rotatable bonds is 3. The van der Waals surface area contributed by atoms with Gasteiger partial charge in [-0.05, 0) is 37.9 Å². The van der Waals surface area contributed by atoms with Crippen LogP contribution < -0.4 is 10.6 Å². The highest BCUT2D eigenvalue weighted by atomic mass is 16.2. The molecule has 0 saturated carbocycles. The Labute approximate surface area is 161 Å². The Hall–Kier alpha value is -3.07. The van der Waals surface area contributed by atoms with E-state index in [9.17, 15) is 14.4 Å². The van der Waals surface area contributed by atoms with Gasteiger partial charge in [0.25, 0.3) is 5.91 Å². The van der Waals surface area contributed by atoms with Crippen molar-refractivity contribution in [3.63, 3.8) is 0 Å². The molecule has 2 aromatic rings. The number of nitrogens with zero attached hydrogens (tertiary/aromatic N) is 4. The highest BCUT2D eigenvalue weighted by molar-refractivity contribution is 6.05. The molecular formula is C19H20N6O3. The van der Waals surface area contributed by atoms with Crippen LogP contribution in [0.15, 0.2) is 24.4 Å². The molecule has 1 aromatic carbocycles. The van der Waals surface area contributed by atoms with Gasteiger partial charge in [-0.1, -0.05) is 11.3 Å².